The number of methoxy groups -OCH3 is 1. The molecule has 1 heterocycles. The standard InChI is InChI=1S/C13H19NO3/c1-9(12(15)17-13(2,3)4)11-10(16-5)7-6-8-14-11/h6-9H,1-5H3. The van der Waals surface area contributed by atoms with Crippen molar-refractivity contribution in [1.29, 1.82) is 0 Å². The van der Waals surface area contributed by atoms with E-state index in [0.29, 0.717) is 11.4 Å². The molecule has 0 saturated heterocycles. The summed E-state index contributed by atoms with van der Waals surface area (Å²) in [4.78, 5) is 16.1. The Morgan fingerprint density at radius 2 is 2.06 bits per heavy atom. The van der Waals surface area contributed by atoms with E-state index in [4.69, 9.17) is 9.47 Å². The molecular weight excluding hydrogens is 218 g/mol. The summed E-state index contributed by atoms with van der Waals surface area (Å²) >= 11 is 0. The quantitative estimate of drug-likeness (QED) is 0.758. The molecule has 1 aromatic heterocycles. The molecule has 17 heavy (non-hydrogen) atoms. The van der Waals surface area contributed by atoms with Crippen molar-refractivity contribution >= 4 is 5.97 Å². The van der Waals surface area contributed by atoms with Crippen LogP contribution in [0.4, 0.5) is 0 Å². The molecule has 0 aliphatic carbocycles. The zero-order chi connectivity index (χ0) is 13.1. The lowest BCUT2D eigenvalue weighted by Gasteiger charge is -2.22. The van der Waals surface area contributed by atoms with Crippen LogP contribution >= 0.6 is 0 Å². The minimum Gasteiger partial charge on any atom is -0.495 e. The SMILES string of the molecule is COc1cccnc1C(C)C(=O)OC(C)(C)C. The van der Waals surface area contributed by atoms with E-state index in [2.05, 4.69) is 4.98 Å². The zero-order valence-electron chi connectivity index (χ0n) is 11.0. The van der Waals surface area contributed by atoms with Crippen molar-refractivity contribution in [2.24, 2.45) is 0 Å². The summed E-state index contributed by atoms with van der Waals surface area (Å²) in [5.74, 6) is -0.134. The summed E-state index contributed by atoms with van der Waals surface area (Å²) in [5.41, 5.74) is 0.108. The van der Waals surface area contributed by atoms with E-state index in [1.54, 1.807) is 32.4 Å². The molecule has 4 nitrogen and oxygen atoms in total. The van der Waals surface area contributed by atoms with Crippen molar-refractivity contribution in [3.8, 4) is 5.75 Å². The first-order valence-electron chi connectivity index (χ1n) is 5.57. The molecule has 0 radical (unpaired) electrons. The average molecular weight is 237 g/mol. The van der Waals surface area contributed by atoms with Gasteiger partial charge in [0.1, 0.15) is 11.4 Å². The molecule has 94 valence electrons. The van der Waals surface area contributed by atoms with Crippen LogP contribution in [0.15, 0.2) is 18.3 Å². The van der Waals surface area contributed by atoms with Crippen LogP contribution in [0, 0.1) is 0 Å². The highest BCUT2D eigenvalue weighted by atomic mass is 16.6. The van der Waals surface area contributed by atoms with Gasteiger partial charge in [-0.2, -0.15) is 0 Å². The highest BCUT2D eigenvalue weighted by molar-refractivity contribution is 5.78. The second kappa shape index (κ2) is 5.17. The monoisotopic (exact) mass is 237 g/mol. The molecule has 0 amide bonds. The number of esters is 1. The fraction of sp³-hybridized carbons (Fsp3) is 0.538. The molecule has 0 fully saturated rings. The van der Waals surface area contributed by atoms with E-state index in [9.17, 15) is 4.79 Å². The fourth-order valence-electron chi connectivity index (χ4n) is 1.40. The first kappa shape index (κ1) is 13.5. The molecule has 0 aromatic carbocycles. The van der Waals surface area contributed by atoms with Crippen LogP contribution in [0.2, 0.25) is 0 Å². The van der Waals surface area contributed by atoms with Gasteiger partial charge in [0.05, 0.1) is 18.7 Å². The third kappa shape index (κ3) is 3.73. The number of rotatable bonds is 3. The van der Waals surface area contributed by atoms with Gasteiger partial charge in [0.2, 0.25) is 0 Å². The largest absolute Gasteiger partial charge is 0.495 e. The molecule has 1 aromatic rings. The fourth-order valence-corrected chi connectivity index (χ4v) is 1.40. The van der Waals surface area contributed by atoms with Crippen LogP contribution in [0.5, 0.6) is 5.75 Å². The number of hydrogen-bond acceptors (Lipinski definition) is 4. The predicted octanol–water partition coefficient (Wildman–Crippen LogP) is 2.54. The minimum atomic E-state index is -0.493. The van der Waals surface area contributed by atoms with Gasteiger partial charge >= 0.3 is 5.97 Å². The second-order valence-electron chi connectivity index (χ2n) is 4.85. The zero-order valence-corrected chi connectivity index (χ0v) is 11.0. The Morgan fingerprint density at radius 3 is 2.59 bits per heavy atom. The first-order chi connectivity index (χ1) is 7.85. The van der Waals surface area contributed by atoms with Crippen LogP contribution in [0.1, 0.15) is 39.3 Å². The van der Waals surface area contributed by atoms with Gasteiger partial charge in [0, 0.05) is 6.20 Å². The molecule has 0 N–H and O–H groups in total. The van der Waals surface area contributed by atoms with E-state index in [1.807, 2.05) is 20.8 Å². The molecule has 1 atom stereocenters. The van der Waals surface area contributed by atoms with Gasteiger partial charge in [-0.1, -0.05) is 0 Å². The molecule has 0 spiro atoms. The molecule has 0 aliphatic heterocycles. The van der Waals surface area contributed by atoms with E-state index < -0.39 is 11.5 Å². The Morgan fingerprint density at radius 1 is 1.41 bits per heavy atom. The van der Waals surface area contributed by atoms with Crippen molar-refractivity contribution in [2.45, 2.75) is 39.2 Å². The average Bonchev–Trinajstić information content (AvgIpc) is 2.25. The Kier molecular flexibility index (Phi) is 4.10. The van der Waals surface area contributed by atoms with Gasteiger partial charge in [-0.15, -0.1) is 0 Å². The van der Waals surface area contributed by atoms with Crippen LogP contribution < -0.4 is 4.74 Å². The highest BCUT2D eigenvalue weighted by Gasteiger charge is 2.25. The van der Waals surface area contributed by atoms with E-state index in [-0.39, 0.29) is 5.97 Å². The predicted molar refractivity (Wildman–Crippen MR) is 65.0 cm³/mol. The van der Waals surface area contributed by atoms with Crippen molar-refractivity contribution < 1.29 is 14.3 Å². The molecule has 0 bridgehead atoms. The lowest BCUT2D eigenvalue weighted by atomic mass is 10.1. The molecule has 0 saturated carbocycles. The Hall–Kier alpha value is -1.58. The molecule has 0 aliphatic rings. The number of pyridine rings is 1. The normalized spacial score (nSPS) is 13.0. The van der Waals surface area contributed by atoms with Gasteiger partial charge in [-0.3, -0.25) is 9.78 Å². The minimum absolute atomic E-state index is 0.297. The molecule has 1 rings (SSSR count). The van der Waals surface area contributed by atoms with Crippen LogP contribution in [-0.4, -0.2) is 23.7 Å². The Balaban J connectivity index is 2.89. The van der Waals surface area contributed by atoms with Crippen LogP contribution in [0.3, 0.4) is 0 Å². The number of hydrogen-bond donors (Lipinski definition) is 0. The maximum atomic E-state index is 11.9. The van der Waals surface area contributed by atoms with Crippen molar-refractivity contribution in [2.75, 3.05) is 7.11 Å². The number of aromatic nitrogens is 1. The molecule has 4 heteroatoms. The summed E-state index contributed by atoms with van der Waals surface area (Å²) in [6.07, 6.45) is 1.64. The van der Waals surface area contributed by atoms with E-state index >= 15 is 0 Å². The van der Waals surface area contributed by atoms with Crippen molar-refractivity contribution in [3.63, 3.8) is 0 Å². The Bertz CT molecular complexity index is 396. The highest BCUT2D eigenvalue weighted by Crippen LogP contribution is 2.26. The number of nitrogens with zero attached hydrogens (tertiary/aromatic N) is 1. The van der Waals surface area contributed by atoms with Crippen molar-refractivity contribution in [3.05, 3.63) is 24.0 Å². The van der Waals surface area contributed by atoms with E-state index in [0.717, 1.165) is 0 Å². The van der Waals surface area contributed by atoms with Gasteiger partial charge in [0.25, 0.3) is 0 Å². The topological polar surface area (TPSA) is 48.4 Å². The summed E-state index contributed by atoms with van der Waals surface area (Å²) in [6.45, 7) is 7.28. The third-order valence-corrected chi connectivity index (χ3v) is 2.19. The third-order valence-electron chi connectivity index (χ3n) is 2.19. The lowest BCUT2D eigenvalue weighted by molar-refractivity contribution is -0.156. The first-order valence-corrected chi connectivity index (χ1v) is 5.57. The number of carbonyl (C=O) groups excluding carboxylic acids is 1. The smallest absolute Gasteiger partial charge is 0.315 e. The maximum absolute atomic E-state index is 11.9. The lowest BCUT2D eigenvalue weighted by Crippen LogP contribution is -2.27. The number of carbonyl (C=O) groups is 1. The summed E-state index contributed by atoms with van der Waals surface area (Å²) in [7, 11) is 1.56. The Labute approximate surface area is 102 Å². The van der Waals surface area contributed by atoms with Gasteiger partial charge in [0.15, 0.2) is 0 Å². The second-order valence-corrected chi connectivity index (χ2v) is 4.85. The van der Waals surface area contributed by atoms with Crippen molar-refractivity contribution in [1.82, 2.24) is 4.98 Å². The molecular formula is C13H19NO3. The van der Waals surface area contributed by atoms with Gasteiger partial charge in [-0.25, -0.2) is 0 Å². The maximum Gasteiger partial charge on any atom is 0.315 e. The molecule has 1 unspecified atom stereocenters. The summed E-state index contributed by atoms with van der Waals surface area (Å²) in [6, 6.07) is 3.55. The summed E-state index contributed by atoms with van der Waals surface area (Å²) in [5, 5.41) is 0. The van der Waals surface area contributed by atoms with Crippen LogP contribution in [0.25, 0.3) is 0 Å². The van der Waals surface area contributed by atoms with E-state index in [1.165, 1.54) is 0 Å². The number of ether oxygens (including phenoxy) is 2. The van der Waals surface area contributed by atoms with Crippen LogP contribution in [-0.2, 0) is 9.53 Å². The summed E-state index contributed by atoms with van der Waals surface area (Å²) < 4.78 is 10.5. The van der Waals surface area contributed by atoms with Gasteiger partial charge in [-0.05, 0) is 39.8 Å². The van der Waals surface area contributed by atoms with Gasteiger partial charge < -0.3 is 9.47 Å².